The van der Waals surface area contributed by atoms with Crippen molar-refractivity contribution in [1.82, 2.24) is 24.6 Å². The van der Waals surface area contributed by atoms with E-state index in [1.165, 1.54) is 11.8 Å². The first-order chi connectivity index (χ1) is 15.8. The minimum atomic E-state index is 0.0259. The van der Waals surface area contributed by atoms with Crippen LogP contribution in [-0.4, -0.2) is 68.3 Å². The molecule has 2 amide bonds. The van der Waals surface area contributed by atoms with E-state index in [1.54, 1.807) is 16.7 Å². The Balaban J connectivity index is 1.61. The van der Waals surface area contributed by atoms with Crippen molar-refractivity contribution in [3.63, 3.8) is 0 Å². The highest BCUT2D eigenvalue weighted by molar-refractivity contribution is 7.99. The lowest BCUT2D eigenvalue weighted by Gasteiger charge is -2.34. The first-order valence-electron chi connectivity index (χ1n) is 10.8. The van der Waals surface area contributed by atoms with E-state index in [4.69, 9.17) is 11.6 Å². The summed E-state index contributed by atoms with van der Waals surface area (Å²) in [4.78, 5) is 28.0. The van der Waals surface area contributed by atoms with Gasteiger partial charge in [-0.25, -0.2) is 0 Å². The SMILES string of the molecule is CC(=O)N1CCN(C(=O)CSc2nnc(-c3ccccc3Cl)n2-c2cc(C)ccc2C)CC1. The monoisotopic (exact) mass is 483 g/mol. The average Bonchev–Trinajstić information content (AvgIpc) is 3.22. The number of nitrogens with zero attached hydrogens (tertiary/aromatic N) is 5. The van der Waals surface area contributed by atoms with Crippen LogP contribution in [0.2, 0.25) is 5.02 Å². The van der Waals surface area contributed by atoms with E-state index in [-0.39, 0.29) is 17.6 Å². The van der Waals surface area contributed by atoms with Gasteiger partial charge in [-0.15, -0.1) is 10.2 Å². The molecule has 172 valence electrons. The number of piperazine rings is 1. The minimum Gasteiger partial charge on any atom is -0.339 e. The second kappa shape index (κ2) is 9.97. The van der Waals surface area contributed by atoms with Crippen molar-refractivity contribution < 1.29 is 9.59 Å². The largest absolute Gasteiger partial charge is 0.339 e. The van der Waals surface area contributed by atoms with E-state index < -0.39 is 0 Å². The van der Waals surface area contributed by atoms with Crippen molar-refractivity contribution in [2.75, 3.05) is 31.9 Å². The van der Waals surface area contributed by atoms with Crippen LogP contribution in [0, 0.1) is 13.8 Å². The van der Waals surface area contributed by atoms with Crippen molar-refractivity contribution in [3.05, 3.63) is 58.6 Å². The van der Waals surface area contributed by atoms with Gasteiger partial charge in [-0.1, -0.05) is 47.6 Å². The number of hydrogen-bond donors (Lipinski definition) is 0. The highest BCUT2D eigenvalue weighted by Gasteiger charge is 2.24. The molecule has 0 bridgehead atoms. The summed E-state index contributed by atoms with van der Waals surface area (Å²) in [5.74, 6) is 0.952. The predicted octanol–water partition coefficient (Wildman–Crippen LogP) is 3.99. The summed E-state index contributed by atoms with van der Waals surface area (Å²) in [6.45, 7) is 7.88. The van der Waals surface area contributed by atoms with Crippen molar-refractivity contribution in [2.45, 2.75) is 25.9 Å². The maximum absolute atomic E-state index is 12.9. The first-order valence-corrected chi connectivity index (χ1v) is 12.2. The molecule has 0 aliphatic carbocycles. The normalized spacial score (nSPS) is 13.9. The highest BCUT2D eigenvalue weighted by Crippen LogP contribution is 2.33. The summed E-state index contributed by atoms with van der Waals surface area (Å²) >= 11 is 7.85. The lowest BCUT2D eigenvalue weighted by Crippen LogP contribution is -2.50. The smallest absolute Gasteiger partial charge is 0.233 e. The molecule has 7 nitrogen and oxygen atoms in total. The van der Waals surface area contributed by atoms with Crippen LogP contribution in [0.15, 0.2) is 47.6 Å². The molecule has 33 heavy (non-hydrogen) atoms. The zero-order valence-electron chi connectivity index (χ0n) is 18.9. The van der Waals surface area contributed by atoms with Gasteiger partial charge in [-0.2, -0.15) is 0 Å². The molecule has 1 saturated heterocycles. The molecule has 4 rings (SSSR count). The van der Waals surface area contributed by atoms with Crippen molar-refractivity contribution in [3.8, 4) is 17.1 Å². The summed E-state index contributed by atoms with van der Waals surface area (Å²) in [7, 11) is 0. The summed E-state index contributed by atoms with van der Waals surface area (Å²) in [5, 5.41) is 10.1. The van der Waals surface area contributed by atoms with Gasteiger partial charge in [0.1, 0.15) is 0 Å². The zero-order chi connectivity index (χ0) is 23.5. The van der Waals surface area contributed by atoms with Crippen molar-refractivity contribution in [2.24, 2.45) is 0 Å². The molecule has 1 aromatic heterocycles. The van der Waals surface area contributed by atoms with Gasteiger partial charge in [-0.05, 0) is 43.2 Å². The Morgan fingerprint density at radius 2 is 1.70 bits per heavy atom. The number of amides is 2. The number of carbonyl (C=O) groups excluding carboxylic acids is 2. The molecule has 0 N–H and O–H groups in total. The number of aromatic nitrogens is 3. The summed E-state index contributed by atoms with van der Waals surface area (Å²) < 4.78 is 1.98. The zero-order valence-corrected chi connectivity index (χ0v) is 20.5. The molecule has 1 aliphatic heterocycles. The lowest BCUT2D eigenvalue weighted by molar-refractivity contribution is -0.136. The lowest BCUT2D eigenvalue weighted by atomic mass is 10.1. The summed E-state index contributed by atoms with van der Waals surface area (Å²) in [6, 6.07) is 13.8. The van der Waals surface area contributed by atoms with Gasteiger partial charge in [0.15, 0.2) is 11.0 Å². The fourth-order valence-corrected chi connectivity index (χ4v) is 4.91. The predicted molar refractivity (Wildman–Crippen MR) is 131 cm³/mol. The third kappa shape index (κ3) is 5.07. The summed E-state index contributed by atoms with van der Waals surface area (Å²) in [6.07, 6.45) is 0. The van der Waals surface area contributed by atoms with Crippen LogP contribution in [-0.2, 0) is 9.59 Å². The van der Waals surface area contributed by atoms with Crippen LogP contribution in [0.3, 0.4) is 0 Å². The maximum Gasteiger partial charge on any atom is 0.233 e. The van der Waals surface area contributed by atoms with Crippen molar-refractivity contribution >= 4 is 35.2 Å². The quantitative estimate of drug-likeness (QED) is 0.513. The van der Waals surface area contributed by atoms with Gasteiger partial charge < -0.3 is 9.80 Å². The molecule has 9 heteroatoms. The number of carbonyl (C=O) groups is 2. The third-order valence-electron chi connectivity index (χ3n) is 5.76. The number of aryl methyl sites for hydroxylation is 2. The van der Waals surface area contributed by atoms with Crippen LogP contribution >= 0.6 is 23.4 Å². The molecule has 0 atom stereocenters. The minimum absolute atomic E-state index is 0.0259. The molecule has 2 heterocycles. The Hall–Kier alpha value is -2.84. The third-order valence-corrected chi connectivity index (χ3v) is 7.00. The molecular weight excluding hydrogens is 458 g/mol. The fraction of sp³-hybridized carbons (Fsp3) is 0.333. The Morgan fingerprint density at radius 3 is 2.39 bits per heavy atom. The fourth-order valence-electron chi connectivity index (χ4n) is 3.85. The molecule has 1 fully saturated rings. The van der Waals surface area contributed by atoms with Crippen molar-refractivity contribution in [1.29, 1.82) is 0 Å². The Bertz CT molecular complexity index is 1190. The van der Waals surface area contributed by atoms with E-state index >= 15 is 0 Å². The Morgan fingerprint density at radius 1 is 1.00 bits per heavy atom. The van der Waals surface area contributed by atoms with Gasteiger partial charge in [0, 0.05) is 38.7 Å². The first kappa shape index (κ1) is 23.3. The standard InChI is InChI=1S/C24H26ClN5O2S/c1-16-8-9-17(2)21(14-16)30-23(19-6-4-5-7-20(19)25)26-27-24(30)33-15-22(32)29-12-10-28(11-13-29)18(3)31/h4-9,14H,10-13,15H2,1-3H3. The second-order valence-corrected chi connectivity index (χ2v) is 9.44. The molecule has 0 unspecified atom stereocenters. The Kier molecular flexibility index (Phi) is 7.05. The van der Waals surface area contributed by atoms with E-state index in [0.29, 0.717) is 42.2 Å². The molecule has 2 aromatic carbocycles. The molecule has 0 radical (unpaired) electrons. The molecule has 0 spiro atoms. The molecular formula is C24H26ClN5O2S. The van der Waals surface area contributed by atoms with Crippen LogP contribution < -0.4 is 0 Å². The van der Waals surface area contributed by atoms with Crippen LogP contribution in [0.5, 0.6) is 0 Å². The average molecular weight is 484 g/mol. The van der Waals surface area contributed by atoms with Gasteiger partial charge in [-0.3, -0.25) is 14.2 Å². The topological polar surface area (TPSA) is 71.3 Å². The molecule has 3 aromatic rings. The van der Waals surface area contributed by atoms with Gasteiger partial charge >= 0.3 is 0 Å². The number of thioether (sulfide) groups is 1. The summed E-state index contributed by atoms with van der Waals surface area (Å²) in [5.41, 5.74) is 3.93. The van der Waals surface area contributed by atoms with Crippen LogP contribution in [0.25, 0.3) is 17.1 Å². The highest BCUT2D eigenvalue weighted by atomic mass is 35.5. The molecule has 0 saturated carbocycles. The van der Waals surface area contributed by atoms with E-state index in [0.717, 1.165) is 22.4 Å². The van der Waals surface area contributed by atoms with E-state index in [1.807, 2.05) is 42.7 Å². The molecule has 1 aliphatic rings. The Labute approximate surface area is 202 Å². The van der Waals surface area contributed by atoms with E-state index in [2.05, 4.69) is 28.4 Å². The number of halogens is 1. The van der Waals surface area contributed by atoms with Gasteiger partial charge in [0.25, 0.3) is 0 Å². The second-order valence-electron chi connectivity index (χ2n) is 8.09. The number of rotatable bonds is 5. The van der Waals surface area contributed by atoms with Gasteiger partial charge in [0.05, 0.1) is 16.5 Å². The number of benzene rings is 2. The number of hydrogen-bond acceptors (Lipinski definition) is 5. The van der Waals surface area contributed by atoms with Gasteiger partial charge in [0.2, 0.25) is 11.8 Å². The van der Waals surface area contributed by atoms with Crippen LogP contribution in [0.4, 0.5) is 0 Å². The van der Waals surface area contributed by atoms with Crippen LogP contribution in [0.1, 0.15) is 18.1 Å². The van der Waals surface area contributed by atoms with E-state index in [9.17, 15) is 9.59 Å². The maximum atomic E-state index is 12.9.